The van der Waals surface area contributed by atoms with Crippen LogP contribution in [0, 0.1) is 5.92 Å². The summed E-state index contributed by atoms with van der Waals surface area (Å²) in [5, 5.41) is 1.07. The van der Waals surface area contributed by atoms with Crippen molar-refractivity contribution < 1.29 is 14.3 Å². The monoisotopic (exact) mass is 410 g/mol. The third-order valence-corrected chi connectivity index (χ3v) is 4.75. The van der Waals surface area contributed by atoms with Crippen LogP contribution in [0.5, 0.6) is 0 Å². The number of nitrogens with two attached hydrogens (primary N) is 1. The second-order valence-electron chi connectivity index (χ2n) is 9.01. The van der Waals surface area contributed by atoms with Gasteiger partial charge in [-0.3, -0.25) is 9.80 Å². The smallest absolute Gasteiger partial charge is 0.331 e. The molecule has 0 heterocycles. The molecular formula is C25H34N2O3. The Hall–Kier alpha value is -2.66. The van der Waals surface area contributed by atoms with Crippen LogP contribution in [0.3, 0.4) is 0 Å². The highest BCUT2D eigenvalue weighted by molar-refractivity contribution is 5.85. The zero-order valence-electron chi connectivity index (χ0n) is 18.7. The summed E-state index contributed by atoms with van der Waals surface area (Å²) in [6.07, 6.45) is 1.30. The number of carbonyl (C=O) groups is 2. The summed E-state index contributed by atoms with van der Waals surface area (Å²) < 4.78 is 5.60. The van der Waals surface area contributed by atoms with Gasteiger partial charge in [0.15, 0.2) is 0 Å². The van der Waals surface area contributed by atoms with E-state index in [1.807, 2.05) is 54.6 Å². The first kappa shape index (κ1) is 23.6. The number of rotatable bonds is 8. The number of nitrogens with zero attached hydrogens (tertiary/aromatic N) is 1. The third-order valence-electron chi connectivity index (χ3n) is 4.75. The van der Waals surface area contributed by atoms with Crippen molar-refractivity contribution in [2.24, 2.45) is 11.8 Å². The van der Waals surface area contributed by atoms with Gasteiger partial charge in [0.1, 0.15) is 11.6 Å². The van der Waals surface area contributed by atoms with E-state index in [4.69, 9.17) is 10.6 Å². The first-order chi connectivity index (χ1) is 14.1. The lowest BCUT2D eigenvalue weighted by atomic mass is 9.94. The van der Waals surface area contributed by atoms with Crippen molar-refractivity contribution in [2.45, 2.75) is 65.5 Å². The summed E-state index contributed by atoms with van der Waals surface area (Å²) in [6.45, 7) is 9.52. The molecule has 30 heavy (non-hydrogen) atoms. The van der Waals surface area contributed by atoms with Crippen molar-refractivity contribution in [3.8, 4) is 11.1 Å². The molecule has 0 aliphatic carbocycles. The standard InChI is InChI=1S/C25H34N2O3/c1-18(2)15-16-23(28)27(26)22(24(29)30-25(3,4)5)17-20-13-9-10-14-21(20)19-11-7-6-8-12-19/h6-14,18,22H,15-17,26H2,1-5H3/t22-/m0/s1. The number of esters is 1. The van der Waals surface area contributed by atoms with E-state index in [-0.39, 0.29) is 12.3 Å². The highest BCUT2D eigenvalue weighted by atomic mass is 16.6. The van der Waals surface area contributed by atoms with E-state index in [2.05, 4.69) is 13.8 Å². The molecule has 0 bridgehead atoms. The average Bonchev–Trinajstić information content (AvgIpc) is 2.69. The average molecular weight is 411 g/mol. The fraction of sp³-hybridized carbons (Fsp3) is 0.440. The van der Waals surface area contributed by atoms with Gasteiger partial charge in [-0.2, -0.15) is 0 Å². The molecule has 0 unspecified atom stereocenters. The van der Waals surface area contributed by atoms with Crippen molar-refractivity contribution in [3.63, 3.8) is 0 Å². The van der Waals surface area contributed by atoms with Crippen LogP contribution >= 0.6 is 0 Å². The van der Waals surface area contributed by atoms with Crippen LogP contribution in [0.25, 0.3) is 11.1 Å². The highest BCUT2D eigenvalue weighted by Gasteiger charge is 2.32. The third kappa shape index (κ3) is 6.99. The van der Waals surface area contributed by atoms with E-state index in [0.717, 1.165) is 21.7 Å². The Morgan fingerprint density at radius 2 is 1.60 bits per heavy atom. The molecule has 0 radical (unpaired) electrons. The summed E-state index contributed by atoms with van der Waals surface area (Å²) in [5.74, 6) is 5.82. The molecule has 1 atom stereocenters. The van der Waals surface area contributed by atoms with Gasteiger partial charge >= 0.3 is 5.97 Å². The Morgan fingerprint density at radius 3 is 2.20 bits per heavy atom. The van der Waals surface area contributed by atoms with Gasteiger partial charge in [0.05, 0.1) is 0 Å². The molecular weight excluding hydrogens is 376 g/mol. The van der Waals surface area contributed by atoms with E-state index in [9.17, 15) is 9.59 Å². The van der Waals surface area contributed by atoms with Crippen LogP contribution in [0.1, 0.15) is 53.0 Å². The lowest BCUT2D eigenvalue weighted by Crippen LogP contribution is -2.52. The summed E-state index contributed by atoms with van der Waals surface area (Å²) in [4.78, 5) is 25.7. The Kier molecular flexibility index (Phi) is 8.18. The summed E-state index contributed by atoms with van der Waals surface area (Å²) in [7, 11) is 0. The Labute approximate surface area is 180 Å². The minimum absolute atomic E-state index is 0.253. The van der Waals surface area contributed by atoms with Crippen molar-refractivity contribution in [1.29, 1.82) is 0 Å². The molecule has 2 aromatic carbocycles. The number of hydrazine groups is 1. The van der Waals surface area contributed by atoms with Gasteiger partial charge in [-0.1, -0.05) is 68.4 Å². The number of carbonyl (C=O) groups excluding carboxylic acids is 2. The predicted octanol–water partition coefficient (Wildman–Crippen LogP) is 4.74. The molecule has 0 fully saturated rings. The van der Waals surface area contributed by atoms with Crippen LogP contribution < -0.4 is 5.84 Å². The zero-order valence-corrected chi connectivity index (χ0v) is 18.7. The Morgan fingerprint density at radius 1 is 1.00 bits per heavy atom. The van der Waals surface area contributed by atoms with E-state index in [1.165, 1.54) is 0 Å². The summed E-state index contributed by atoms with van der Waals surface area (Å²) >= 11 is 0. The first-order valence-corrected chi connectivity index (χ1v) is 10.5. The number of hydrogen-bond acceptors (Lipinski definition) is 4. The normalized spacial score (nSPS) is 12.5. The largest absolute Gasteiger partial charge is 0.458 e. The van der Waals surface area contributed by atoms with Gasteiger partial charge in [0.2, 0.25) is 5.91 Å². The van der Waals surface area contributed by atoms with Gasteiger partial charge < -0.3 is 4.74 Å². The maximum atomic E-state index is 13.0. The Bertz CT molecular complexity index is 841. The predicted molar refractivity (Wildman–Crippen MR) is 120 cm³/mol. The van der Waals surface area contributed by atoms with Crippen molar-refractivity contribution >= 4 is 11.9 Å². The fourth-order valence-corrected chi connectivity index (χ4v) is 3.19. The summed E-state index contributed by atoms with van der Waals surface area (Å²) in [6, 6.07) is 16.9. The van der Waals surface area contributed by atoms with Crippen molar-refractivity contribution in [3.05, 3.63) is 60.2 Å². The van der Waals surface area contributed by atoms with Crippen LogP contribution in [0.15, 0.2) is 54.6 Å². The molecule has 162 valence electrons. The molecule has 0 aliphatic heterocycles. The quantitative estimate of drug-likeness (QED) is 0.295. The lowest BCUT2D eigenvalue weighted by molar-refractivity contribution is -0.165. The van der Waals surface area contributed by atoms with Crippen molar-refractivity contribution in [1.82, 2.24) is 5.01 Å². The van der Waals surface area contributed by atoms with E-state index in [0.29, 0.717) is 18.8 Å². The SMILES string of the molecule is CC(C)CCC(=O)N(N)[C@@H](Cc1ccccc1-c1ccccc1)C(=O)OC(C)(C)C. The van der Waals surface area contributed by atoms with Gasteiger partial charge in [-0.15, -0.1) is 0 Å². The highest BCUT2D eigenvalue weighted by Crippen LogP contribution is 2.26. The molecule has 0 saturated carbocycles. The molecule has 0 spiro atoms. The van der Waals surface area contributed by atoms with Gasteiger partial charge in [0.25, 0.3) is 0 Å². The second-order valence-corrected chi connectivity index (χ2v) is 9.01. The van der Waals surface area contributed by atoms with Crippen LogP contribution in [0.4, 0.5) is 0 Å². The number of hydrogen-bond donors (Lipinski definition) is 1. The molecule has 5 nitrogen and oxygen atoms in total. The van der Waals surface area contributed by atoms with E-state index >= 15 is 0 Å². The summed E-state index contributed by atoms with van der Waals surface area (Å²) in [5.41, 5.74) is 2.32. The van der Waals surface area contributed by atoms with E-state index in [1.54, 1.807) is 20.8 Å². The van der Waals surface area contributed by atoms with Crippen molar-refractivity contribution in [2.75, 3.05) is 0 Å². The second kappa shape index (κ2) is 10.4. The molecule has 1 amide bonds. The minimum Gasteiger partial charge on any atom is -0.458 e. The maximum Gasteiger partial charge on any atom is 0.331 e. The molecule has 5 heteroatoms. The van der Waals surface area contributed by atoms with Crippen LogP contribution in [-0.4, -0.2) is 28.5 Å². The molecule has 0 aromatic heterocycles. The molecule has 2 rings (SSSR count). The Balaban J connectivity index is 2.34. The lowest BCUT2D eigenvalue weighted by Gasteiger charge is -2.30. The first-order valence-electron chi connectivity index (χ1n) is 10.5. The zero-order chi connectivity index (χ0) is 22.3. The molecule has 0 aliphatic rings. The van der Waals surface area contributed by atoms with Gasteiger partial charge in [-0.25, -0.2) is 10.6 Å². The number of amides is 1. The minimum atomic E-state index is -0.895. The molecule has 2 aromatic rings. The fourth-order valence-electron chi connectivity index (χ4n) is 3.19. The van der Waals surface area contributed by atoms with Crippen LogP contribution in [0.2, 0.25) is 0 Å². The topological polar surface area (TPSA) is 72.6 Å². The maximum absolute atomic E-state index is 13.0. The molecule has 0 saturated heterocycles. The van der Waals surface area contributed by atoms with E-state index < -0.39 is 17.6 Å². The molecule has 2 N–H and O–H groups in total. The van der Waals surface area contributed by atoms with Gasteiger partial charge in [-0.05, 0) is 49.8 Å². The number of benzene rings is 2. The van der Waals surface area contributed by atoms with Crippen LogP contribution in [-0.2, 0) is 20.7 Å². The van der Waals surface area contributed by atoms with Gasteiger partial charge in [0, 0.05) is 12.8 Å². The number of ether oxygens (including phenoxy) is 1.